The van der Waals surface area contributed by atoms with Crippen LogP contribution >= 0.6 is 0 Å². The minimum atomic E-state index is -0.0621. The number of nitrogens with zero attached hydrogens (tertiary/aromatic N) is 6. The zero-order chi connectivity index (χ0) is 14.8. The largest absolute Gasteiger partial charge is 1.00 e. The summed E-state index contributed by atoms with van der Waals surface area (Å²) in [4.78, 5) is -0.124. The van der Waals surface area contributed by atoms with E-state index in [2.05, 4.69) is 21.2 Å². The summed E-state index contributed by atoms with van der Waals surface area (Å²) in [6.07, 6.45) is 0. The van der Waals surface area contributed by atoms with Crippen LogP contribution in [0.4, 0.5) is 0 Å². The van der Waals surface area contributed by atoms with Crippen molar-refractivity contribution >= 4 is 0 Å². The van der Waals surface area contributed by atoms with E-state index in [0.717, 1.165) is 10.0 Å². The summed E-state index contributed by atoms with van der Waals surface area (Å²) in [7, 11) is 0. The second-order valence-corrected chi connectivity index (χ2v) is 4.08. The van der Waals surface area contributed by atoms with Gasteiger partial charge in [0.2, 0.25) is 0 Å². The Balaban J connectivity index is 0. The van der Waals surface area contributed by atoms with Crippen LogP contribution in [0.1, 0.15) is 0 Å². The maximum Gasteiger partial charge on any atom is 1.00 e. The number of rotatable bonds is 2. The molecule has 0 unspecified atom stereocenters. The van der Waals surface area contributed by atoms with Gasteiger partial charge in [0.05, 0.1) is 26.2 Å². The first-order valence-electron chi connectivity index (χ1n) is 6.21. The van der Waals surface area contributed by atoms with E-state index in [9.17, 15) is 20.8 Å². The molecule has 0 radical (unpaired) electrons. The van der Waals surface area contributed by atoms with Gasteiger partial charge in [-0.25, -0.2) is 0 Å². The number of hydrogen-bond acceptors (Lipinski definition) is 8. The standard InChI is InChI=1S/C8H20N8O4.2Na/c17-11-15(19)13-5-3-9-1-2-10-4-6-14(8-7-13)16(20)12-18;;/h9-10,17-18H,1-8H2;;/q;2*+1/p-2/b15-11-,16-12-;;. The van der Waals surface area contributed by atoms with Crippen molar-refractivity contribution in [3.8, 4) is 0 Å². The molecule has 116 valence electrons. The molecule has 2 N–H and O–H groups in total. The SMILES string of the molecule is [Na+].[Na+].[O-]/N=[N+](\[O-])N1CCNCCNCCN(/[N+]([O-])=N/[O-])CC1. The van der Waals surface area contributed by atoms with Crippen LogP contribution in [-0.2, 0) is 0 Å². The van der Waals surface area contributed by atoms with E-state index >= 15 is 0 Å². The third-order valence-corrected chi connectivity index (χ3v) is 2.81. The molecular weight excluding hydrogens is 318 g/mol. The summed E-state index contributed by atoms with van der Waals surface area (Å²) in [6.45, 7) is 3.00. The van der Waals surface area contributed by atoms with Crippen molar-refractivity contribution in [2.24, 2.45) is 10.6 Å². The molecule has 1 aliphatic heterocycles. The molecule has 0 bridgehead atoms. The molecule has 0 aliphatic carbocycles. The average Bonchev–Trinajstić information content (AvgIpc) is 2.46. The fraction of sp³-hybridized carbons (Fsp3) is 1.00. The molecule has 0 aromatic rings. The van der Waals surface area contributed by atoms with Crippen molar-refractivity contribution in [1.29, 1.82) is 0 Å². The molecule has 0 saturated carbocycles. The van der Waals surface area contributed by atoms with Crippen molar-refractivity contribution in [3.63, 3.8) is 0 Å². The quantitative estimate of drug-likeness (QED) is 0.218. The van der Waals surface area contributed by atoms with E-state index < -0.39 is 0 Å². The fourth-order valence-corrected chi connectivity index (χ4v) is 1.74. The molecule has 1 heterocycles. The van der Waals surface area contributed by atoms with Crippen LogP contribution in [0.3, 0.4) is 0 Å². The van der Waals surface area contributed by atoms with Gasteiger partial charge in [0.15, 0.2) is 0 Å². The third kappa shape index (κ3) is 9.15. The van der Waals surface area contributed by atoms with Gasteiger partial charge >= 0.3 is 59.1 Å². The molecule has 0 aromatic heterocycles. The topological polar surface area (TPSA) is 154 Å². The molecule has 0 spiro atoms. The first kappa shape index (κ1) is 24.2. The minimum absolute atomic E-state index is 0. The molecule has 22 heavy (non-hydrogen) atoms. The van der Waals surface area contributed by atoms with E-state index in [1.54, 1.807) is 0 Å². The number of hydrogen-bond donors (Lipinski definition) is 2. The zero-order valence-electron chi connectivity index (χ0n) is 13.0. The van der Waals surface area contributed by atoms with Gasteiger partial charge in [-0.2, -0.15) is 0 Å². The Hall–Kier alpha value is -0.0800. The van der Waals surface area contributed by atoms with Gasteiger partial charge in [-0.15, -0.1) is 10.0 Å². The van der Waals surface area contributed by atoms with Crippen LogP contribution in [0.25, 0.3) is 0 Å². The predicted octanol–water partition coefficient (Wildman–Crippen LogP) is -7.46. The second kappa shape index (κ2) is 14.5. The molecule has 0 amide bonds. The van der Waals surface area contributed by atoms with Crippen molar-refractivity contribution in [3.05, 3.63) is 20.8 Å². The predicted molar refractivity (Wildman–Crippen MR) is 67.7 cm³/mol. The molecule has 1 fully saturated rings. The molecule has 14 heteroatoms. The van der Waals surface area contributed by atoms with Crippen LogP contribution in [-0.4, -0.2) is 72.3 Å². The third-order valence-electron chi connectivity index (χ3n) is 2.81. The van der Waals surface area contributed by atoms with Gasteiger partial charge in [0, 0.05) is 36.1 Å². The Morgan fingerprint density at radius 1 is 0.682 bits per heavy atom. The molecular formula is C8H18N8Na2O4. The monoisotopic (exact) mass is 336 g/mol. The molecule has 1 aliphatic rings. The number of nitrogens with one attached hydrogen (secondary N) is 2. The van der Waals surface area contributed by atoms with Crippen LogP contribution in [0.2, 0.25) is 0 Å². The van der Waals surface area contributed by atoms with Crippen molar-refractivity contribution in [2.75, 3.05) is 52.4 Å². The van der Waals surface area contributed by atoms with Crippen molar-refractivity contribution in [1.82, 2.24) is 20.7 Å². The van der Waals surface area contributed by atoms with E-state index in [1.165, 1.54) is 0 Å². The molecule has 0 atom stereocenters. The zero-order valence-corrected chi connectivity index (χ0v) is 17.0. The second-order valence-electron chi connectivity index (χ2n) is 4.08. The molecule has 0 aromatic carbocycles. The summed E-state index contributed by atoms with van der Waals surface area (Å²) in [6, 6.07) is 0. The maximum absolute atomic E-state index is 11.3. The summed E-state index contributed by atoms with van der Waals surface area (Å²) in [5.74, 6) is 0. The first-order valence-corrected chi connectivity index (χ1v) is 6.21. The summed E-state index contributed by atoms with van der Waals surface area (Å²) in [5.41, 5.74) is 0. The van der Waals surface area contributed by atoms with E-state index in [-0.39, 0.29) is 95.2 Å². The van der Waals surface area contributed by atoms with Gasteiger partial charge in [-0.05, 0) is 10.6 Å². The summed E-state index contributed by atoms with van der Waals surface area (Å²) < 4.78 is 0. The first-order chi connectivity index (χ1) is 9.69. The van der Waals surface area contributed by atoms with Crippen molar-refractivity contribution in [2.45, 2.75) is 0 Å². The smallest absolute Gasteiger partial charge is 0.737 e. The van der Waals surface area contributed by atoms with Crippen LogP contribution in [0.15, 0.2) is 10.6 Å². The average molecular weight is 336 g/mol. The molecule has 1 rings (SSSR count). The molecule has 12 nitrogen and oxygen atoms in total. The van der Waals surface area contributed by atoms with Gasteiger partial charge in [-0.3, -0.25) is 0 Å². The fourth-order valence-electron chi connectivity index (χ4n) is 1.74. The Morgan fingerprint density at radius 2 is 1.05 bits per heavy atom. The number of hydrazine groups is 2. The van der Waals surface area contributed by atoms with E-state index in [0.29, 0.717) is 26.2 Å². The van der Waals surface area contributed by atoms with E-state index in [4.69, 9.17) is 0 Å². The Labute approximate surface area is 172 Å². The Bertz CT molecular complexity index is 316. The van der Waals surface area contributed by atoms with E-state index in [1.807, 2.05) is 0 Å². The van der Waals surface area contributed by atoms with Crippen LogP contribution in [0, 0.1) is 20.8 Å². The van der Waals surface area contributed by atoms with Crippen LogP contribution < -0.4 is 69.7 Å². The Kier molecular flexibility index (Phi) is 15.9. The molecule has 1 saturated heterocycles. The Morgan fingerprint density at radius 3 is 1.36 bits per heavy atom. The summed E-state index contributed by atoms with van der Waals surface area (Å²) >= 11 is 0. The van der Waals surface area contributed by atoms with Gasteiger partial charge in [0.25, 0.3) is 0 Å². The van der Waals surface area contributed by atoms with Gasteiger partial charge in [0.1, 0.15) is 0 Å². The van der Waals surface area contributed by atoms with Crippen LogP contribution in [0.5, 0.6) is 0 Å². The summed E-state index contributed by atoms with van der Waals surface area (Å²) in [5, 5.41) is 56.1. The maximum atomic E-state index is 11.3. The normalized spacial score (nSPS) is 19.3. The van der Waals surface area contributed by atoms with Gasteiger partial charge in [-0.1, -0.05) is 0 Å². The van der Waals surface area contributed by atoms with Crippen molar-refractivity contribution < 1.29 is 69.1 Å². The van der Waals surface area contributed by atoms with Gasteiger partial charge < -0.3 is 31.5 Å². The minimum Gasteiger partial charge on any atom is -0.737 e.